The van der Waals surface area contributed by atoms with Gasteiger partial charge in [-0.05, 0) is 122 Å². The second kappa shape index (κ2) is 17.0. The molecule has 1 spiro atoms. The van der Waals surface area contributed by atoms with Crippen LogP contribution in [0.15, 0.2) is 253 Å². The predicted molar refractivity (Wildman–Crippen MR) is 277 cm³/mol. The molecule has 312 valence electrons. The van der Waals surface area contributed by atoms with Crippen LogP contribution >= 0.6 is 0 Å². The number of nitrogens with zero attached hydrogens (tertiary/aromatic N) is 1. The summed E-state index contributed by atoms with van der Waals surface area (Å²) in [5, 5.41) is 0. The summed E-state index contributed by atoms with van der Waals surface area (Å²) < 4.78 is 0. The van der Waals surface area contributed by atoms with Gasteiger partial charge in [-0.1, -0.05) is 224 Å². The Morgan fingerprint density at radius 3 is 1.29 bits per heavy atom. The van der Waals surface area contributed by atoms with Gasteiger partial charge in [0.2, 0.25) is 0 Å². The van der Waals surface area contributed by atoms with Crippen LogP contribution in [-0.2, 0) is 5.41 Å². The van der Waals surface area contributed by atoms with E-state index in [0.717, 1.165) is 44.8 Å². The van der Waals surface area contributed by atoms with Gasteiger partial charge in [-0.15, -0.1) is 5.73 Å². The minimum atomic E-state index is -0.375. The van der Waals surface area contributed by atoms with Gasteiger partial charge in [-0.25, -0.2) is 4.99 Å². The molecule has 0 atom stereocenters. The summed E-state index contributed by atoms with van der Waals surface area (Å²) in [7, 11) is 0. The Balaban J connectivity index is 0.975. The van der Waals surface area contributed by atoms with E-state index < -0.39 is 0 Å². The third-order valence-corrected chi connectivity index (χ3v) is 13.4. The summed E-state index contributed by atoms with van der Waals surface area (Å²) in [6.07, 6.45) is 1.97. The topological polar surface area (TPSA) is 12.4 Å². The van der Waals surface area contributed by atoms with Gasteiger partial charge in [0, 0.05) is 22.4 Å². The fourth-order valence-electron chi connectivity index (χ4n) is 10.3. The molecule has 0 N–H and O–H groups in total. The average Bonchev–Trinajstić information content (AvgIpc) is 3.85. The predicted octanol–water partition coefficient (Wildman–Crippen LogP) is 16.7. The van der Waals surface area contributed by atoms with E-state index in [1.807, 2.05) is 13.0 Å². The maximum absolute atomic E-state index is 5.36. The molecule has 0 radical (unpaired) electrons. The van der Waals surface area contributed by atoms with Gasteiger partial charge in [0.1, 0.15) is 5.70 Å². The number of allylic oxidation sites excluding steroid dienone is 2. The molecule has 9 aromatic carbocycles. The molecule has 0 amide bonds. The summed E-state index contributed by atoms with van der Waals surface area (Å²) in [6, 6.07) is 81.3. The Hall–Kier alpha value is -8.31. The molecule has 0 heterocycles. The maximum atomic E-state index is 5.36. The van der Waals surface area contributed by atoms with E-state index in [1.165, 1.54) is 72.3 Å². The van der Waals surface area contributed by atoms with Crippen LogP contribution in [0.5, 0.6) is 0 Å². The molecule has 0 saturated carbocycles. The molecule has 1 heteroatoms. The van der Waals surface area contributed by atoms with Gasteiger partial charge < -0.3 is 0 Å². The zero-order chi connectivity index (χ0) is 44.6. The lowest BCUT2D eigenvalue weighted by Gasteiger charge is -2.30. The first kappa shape index (κ1) is 40.5. The summed E-state index contributed by atoms with van der Waals surface area (Å²) in [4.78, 5) is 5.36. The molecule has 0 aliphatic heterocycles. The monoisotopic (exact) mass is 841 g/mol. The number of aliphatic imine (C=N–C) groups is 1. The van der Waals surface area contributed by atoms with Gasteiger partial charge in [-0.2, -0.15) is 0 Å². The van der Waals surface area contributed by atoms with Crippen molar-refractivity contribution in [2.24, 2.45) is 4.99 Å². The molecule has 0 bridgehead atoms. The Morgan fingerprint density at radius 1 is 0.394 bits per heavy atom. The number of benzene rings is 9. The van der Waals surface area contributed by atoms with Crippen LogP contribution in [0, 0.1) is 0 Å². The maximum Gasteiger partial charge on any atom is 0.113 e. The third-order valence-electron chi connectivity index (χ3n) is 13.4. The molecule has 0 saturated heterocycles. The van der Waals surface area contributed by atoms with Crippen molar-refractivity contribution in [2.75, 3.05) is 0 Å². The standard InChI is InChI=1S/C65H47N/c1-4-17-55(52-36-32-49(33-37-52)47-18-7-5-8-19-47)44(2)42-64(53-38-34-50(35-39-53)48-20-9-6-10-21-48)66-45(3)46-28-30-51(31-29-46)54-40-41-59-58-24-13-16-27-62(58)65(63(59)43-54)60-25-14-11-22-56(60)57-23-12-15-26-61(57)65/h4-16,18-41,43H,1-3H3. The van der Waals surface area contributed by atoms with Crippen LogP contribution in [0.3, 0.4) is 0 Å². The Morgan fingerprint density at radius 2 is 0.788 bits per heavy atom. The second-order valence-electron chi connectivity index (χ2n) is 17.2. The Labute approximate surface area is 388 Å². The smallest absolute Gasteiger partial charge is 0.113 e. The Bertz CT molecular complexity index is 3400. The minimum Gasteiger partial charge on any atom is -0.244 e. The average molecular weight is 842 g/mol. The highest BCUT2D eigenvalue weighted by molar-refractivity contribution is 6.02. The highest BCUT2D eigenvalue weighted by atomic mass is 14.8. The number of rotatable bonds is 8. The van der Waals surface area contributed by atoms with Gasteiger partial charge in [-0.3, -0.25) is 0 Å². The zero-order valence-electron chi connectivity index (χ0n) is 37.4. The van der Waals surface area contributed by atoms with E-state index in [1.54, 1.807) is 0 Å². The van der Waals surface area contributed by atoms with Gasteiger partial charge in [0.05, 0.1) is 5.41 Å². The normalized spacial score (nSPS) is 12.6. The summed E-state index contributed by atoms with van der Waals surface area (Å²) >= 11 is 0. The quantitative estimate of drug-likeness (QED) is 0.0821. The first-order chi connectivity index (χ1) is 32.5. The molecule has 2 aliphatic rings. The fraction of sp³-hybridized carbons (Fsp3) is 0.0615. The van der Waals surface area contributed by atoms with Crippen molar-refractivity contribution in [1.29, 1.82) is 0 Å². The summed E-state index contributed by atoms with van der Waals surface area (Å²) in [6.45, 7) is 6.22. The highest BCUT2D eigenvalue weighted by Gasteiger charge is 2.51. The molecular weight excluding hydrogens is 795 g/mol. The van der Waals surface area contributed by atoms with Gasteiger partial charge >= 0.3 is 0 Å². The molecule has 0 aromatic heterocycles. The largest absolute Gasteiger partial charge is 0.244 e. The zero-order valence-corrected chi connectivity index (χ0v) is 37.4. The van der Waals surface area contributed by atoms with Crippen molar-refractivity contribution in [3.63, 3.8) is 0 Å². The van der Waals surface area contributed by atoms with Crippen LogP contribution in [0.2, 0.25) is 0 Å². The first-order valence-corrected chi connectivity index (χ1v) is 22.8. The van der Waals surface area contributed by atoms with Crippen molar-refractivity contribution in [1.82, 2.24) is 0 Å². The van der Waals surface area contributed by atoms with Crippen LogP contribution < -0.4 is 0 Å². The van der Waals surface area contributed by atoms with E-state index >= 15 is 0 Å². The van der Waals surface area contributed by atoms with Crippen LogP contribution in [0.1, 0.15) is 59.7 Å². The number of hydrogen-bond acceptors (Lipinski definition) is 1. The molecule has 0 unspecified atom stereocenters. The van der Waals surface area contributed by atoms with Crippen LogP contribution in [0.4, 0.5) is 0 Å². The lowest BCUT2D eigenvalue weighted by Crippen LogP contribution is -2.25. The van der Waals surface area contributed by atoms with Crippen LogP contribution in [-0.4, -0.2) is 5.71 Å². The minimum absolute atomic E-state index is 0.375. The van der Waals surface area contributed by atoms with Crippen molar-refractivity contribution in [3.05, 3.63) is 287 Å². The van der Waals surface area contributed by atoms with Crippen molar-refractivity contribution in [2.45, 2.75) is 26.2 Å². The summed E-state index contributed by atoms with van der Waals surface area (Å²) in [5.74, 6) is 0. The molecule has 2 aliphatic carbocycles. The van der Waals surface area contributed by atoms with Gasteiger partial charge in [0.25, 0.3) is 0 Å². The van der Waals surface area contributed by atoms with E-state index in [0.29, 0.717) is 0 Å². The second-order valence-corrected chi connectivity index (χ2v) is 17.2. The lowest BCUT2D eigenvalue weighted by atomic mass is 9.70. The van der Waals surface area contributed by atoms with Crippen molar-refractivity contribution in [3.8, 4) is 55.6 Å². The summed E-state index contributed by atoms with van der Waals surface area (Å²) in [5.41, 5.74) is 31.4. The number of hydrogen-bond donors (Lipinski definition) is 0. The highest BCUT2D eigenvalue weighted by Crippen LogP contribution is 2.63. The molecular formula is C65H47N. The van der Waals surface area contributed by atoms with E-state index in [-0.39, 0.29) is 5.41 Å². The molecule has 66 heavy (non-hydrogen) atoms. The van der Waals surface area contributed by atoms with Gasteiger partial charge in [0.15, 0.2) is 0 Å². The number of fused-ring (bicyclic) bond motifs is 10. The van der Waals surface area contributed by atoms with E-state index in [2.05, 4.69) is 250 Å². The SMILES string of the molecule is CC=C=C(C(C)=C=C(N=C(C)c1ccc(-c2ccc3c(c2)C2(c4ccccc4-c4ccccc42)c2ccccc2-3)cc1)c1ccc(-c2ccccc2)cc1)c1ccc(-c2ccccc2)cc1. The van der Waals surface area contributed by atoms with Crippen molar-refractivity contribution < 1.29 is 0 Å². The fourth-order valence-corrected chi connectivity index (χ4v) is 10.3. The molecule has 0 fully saturated rings. The van der Waals surface area contributed by atoms with E-state index in [4.69, 9.17) is 4.99 Å². The third kappa shape index (κ3) is 6.96. The van der Waals surface area contributed by atoms with Crippen molar-refractivity contribution >= 4 is 17.0 Å². The van der Waals surface area contributed by atoms with Crippen LogP contribution in [0.25, 0.3) is 66.9 Å². The first-order valence-electron chi connectivity index (χ1n) is 22.8. The molecule has 1 nitrogen and oxygen atoms in total. The lowest BCUT2D eigenvalue weighted by molar-refractivity contribution is 0.794. The van der Waals surface area contributed by atoms with E-state index in [9.17, 15) is 0 Å². The Kier molecular flexibility index (Phi) is 10.4. The molecule has 11 rings (SSSR count). The molecule has 9 aromatic rings.